The Kier molecular flexibility index (Phi) is 2.46. The molecule has 0 saturated carbocycles. The van der Waals surface area contributed by atoms with Crippen molar-refractivity contribution in [3.63, 3.8) is 0 Å². The molecule has 0 N–H and O–H groups in total. The lowest BCUT2D eigenvalue weighted by atomic mass is 9.91. The van der Waals surface area contributed by atoms with Crippen molar-refractivity contribution in [3.8, 4) is 0 Å². The van der Waals surface area contributed by atoms with Gasteiger partial charge in [0.15, 0.2) is 0 Å². The molecule has 0 aromatic carbocycles. The molecule has 1 aliphatic rings. The summed E-state index contributed by atoms with van der Waals surface area (Å²) in [5, 5.41) is 0. The van der Waals surface area contributed by atoms with Gasteiger partial charge in [-0.2, -0.15) is 0 Å². The maximum atomic E-state index is 2.52. The summed E-state index contributed by atoms with van der Waals surface area (Å²) in [6, 6.07) is 0.609. The van der Waals surface area contributed by atoms with Crippen LogP contribution in [-0.4, -0.2) is 41.0 Å². The quantitative estimate of drug-likeness (QED) is 0.426. The Morgan fingerprint density at radius 3 is 1.50 bits per heavy atom. The average Bonchev–Trinajstić information content (AvgIpc) is 2.54. The van der Waals surface area contributed by atoms with Crippen LogP contribution >= 0.6 is 0 Å². The minimum absolute atomic E-state index is 0.248. The molecule has 82 valence electrons. The monoisotopic (exact) mass is 197 g/mol. The zero-order chi connectivity index (χ0) is 11.3. The maximum absolute atomic E-state index is 2.52. The summed E-state index contributed by atoms with van der Waals surface area (Å²) in [7, 11) is 4.28. The molecule has 2 nitrogen and oxygen atoms in total. The molecule has 1 heterocycles. The van der Waals surface area contributed by atoms with E-state index in [-0.39, 0.29) is 5.54 Å². The molecular weight excluding hydrogens is 172 g/mol. The van der Waals surface area contributed by atoms with E-state index in [4.69, 9.17) is 0 Å². The highest BCUT2D eigenvalue weighted by Gasteiger charge is 2.64. The molecule has 0 radical (unpaired) electrons. The number of hydrogen-bond acceptors (Lipinski definition) is 0. The summed E-state index contributed by atoms with van der Waals surface area (Å²) in [6.07, 6.45) is 0. The number of rotatable bonds is 0. The summed E-state index contributed by atoms with van der Waals surface area (Å²) < 4.78 is 2.25. The highest BCUT2D eigenvalue weighted by molar-refractivity contribution is 5.99. The second-order valence-corrected chi connectivity index (χ2v) is 6.56. The Bertz CT molecular complexity index is 237. The number of amidine groups is 1. The van der Waals surface area contributed by atoms with Gasteiger partial charge in [0.2, 0.25) is 6.04 Å². The van der Waals surface area contributed by atoms with Crippen LogP contribution in [0.25, 0.3) is 0 Å². The van der Waals surface area contributed by atoms with Crippen molar-refractivity contribution in [2.75, 3.05) is 14.1 Å². The number of hydrogen-bond donors (Lipinski definition) is 0. The van der Waals surface area contributed by atoms with Crippen LogP contribution in [0.3, 0.4) is 0 Å². The second kappa shape index (κ2) is 2.98. The van der Waals surface area contributed by atoms with Gasteiger partial charge in [-0.15, -0.1) is 0 Å². The summed E-state index contributed by atoms with van der Waals surface area (Å²) in [6.45, 7) is 13.8. The first-order chi connectivity index (χ1) is 6.07. The van der Waals surface area contributed by atoms with Gasteiger partial charge in [-0.25, -0.2) is 4.90 Å². The molecular formula is C12H25N2+. The van der Waals surface area contributed by atoms with Gasteiger partial charge in [-0.3, -0.25) is 4.58 Å². The lowest BCUT2D eigenvalue weighted by Gasteiger charge is -2.20. The van der Waals surface area contributed by atoms with E-state index in [0.29, 0.717) is 11.5 Å². The Hall–Kier alpha value is -0.530. The van der Waals surface area contributed by atoms with E-state index in [1.54, 1.807) is 0 Å². The molecule has 14 heavy (non-hydrogen) atoms. The molecule has 1 saturated heterocycles. The Morgan fingerprint density at radius 1 is 1.00 bits per heavy atom. The molecule has 0 aromatic rings. The van der Waals surface area contributed by atoms with Gasteiger partial charge in [0.1, 0.15) is 0 Å². The van der Waals surface area contributed by atoms with Crippen LogP contribution in [0.1, 0.15) is 41.5 Å². The minimum Gasteiger partial charge on any atom is -0.267 e. The topological polar surface area (TPSA) is 6.02 Å². The van der Waals surface area contributed by atoms with Crippen LogP contribution in [-0.2, 0) is 0 Å². The summed E-state index contributed by atoms with van der Waals surface area (Å²) in [5.41, 5.74) is 0.588. The highest BCUT2D eigenvalue weighted by atomic mass is 15.4. The van der Waals surface area contributed by atoms with Crippen molar-refractivity contribution in [2.45, 2.75) is 53.1 Å². The Morgan fingerprint density at radius 2 is 1.43 bits per heavy atom. The van der Waals surface area contributed by atoms with Crippen LogP contribution < -0.4 is 0 Å². The molecule has 0 aromatic heterocycles. The minimum atomic E-state index is 0.248. The maximum Gasteiger partial charge on any atom is 0.293 e. The molecule has 1 atom stereocenters. The molecule has 0 bridgehead atoms. The highest BCUT2D eigenvalue weighted by Crippen LogP contribution is 2.42. The van der Waals surface area contributed by atoms with Crippen LogP contribution in [0, 0.1) is 5.41 Å². The van der Waals surface area contributed by atoms with E-state index in [1.807, 2.05) is 0 Å². The third-order valence-electron chi connectivity index (χ3n) is 2.68. The number of nitrogens with zero attached hydrogens (tertiary/aromatic N) is 2. The Labute approximate surface area is 88.6 Å². The van der Waals surface area contributed by atoms with E-state index < -0.39 is 0 Å². The summed E-state index contributed by atoms with van der Waals surface area (Å²) >= 11 is 0. The first kappa shape index (κ1) is 11.5. The largest absolute Gasteiger partial charge is 0.293 e. The fraction of sp³-hybridized carbons (Fsp3) is 0.917. The lowest BCUT2D eigenvalue weighted by molar-refractivity contribution is -0.464. The predicted molar refractivity (Wildman–Crippen MR) is 62.0 cm³/mol. The summed E-state index contributed by atoms with van der Waals surface area (Å²) in [4.78, 5) is 2.52. The van der Waals surface area contributed by atoms with Crippen molar-refractivity contribution in [3.05, 3.63) is 0 Å². The van der Waals surface area contributed by atoms with Gasteiger partial charge in [0.25, 0.3) is 5.84 Å². The smallest absolute Gasteiger partial charge is 0.267 e. The third kappa shape index (κ3) is 1.94. The SMILES string of the molecule is C[N+](C)=C1C(C(C)(C)C)N1C(C)(C)C. The van der Waals surface area contributed by atoms with E-state index in [2.05, 4.69) is 65.1 Å². The summed E-state index contributed by atoms with van der Waals surface area (Å²) in [5.74, 6) is 1.48. The van der Waals surface area contributed by atoms with E-state index in [1.165, 1.54) is 5.84 Å². The zero-order valence-electron chi connectivity index (χ0n) is 11.0. The van der Waals surface area contributed by atoms with E-state index in [0.717, 1.165) is 0 Å². The third-order valence-corrected chi connectivity index (χ3v) is 2.68. The molecule has 1 unspecified atom stereocenters. The first-order valence-electron chi connectivity index (χ1n) is 5.40. The van der Waals surface area contributed by atoms with Crippen LogP contribution in [0.4, 0.5) is 0 Å². The van der Waals surface area contributed by atoms with Gasteiger partial charge >= 0.3 is 0 Å². The average molecular weight is 197 g/mol. The van der Waals surface area contributed by atoms with Crippen LogP contribution in [0.5, 0.6) is 0 Å². The molecule has 0 amide bonds. The molecule has 2 heteroatoms. The van der Waals surface area contributed by atoms with E-state index in [9.17, 15) is 0 Å². The van der Waals surface area contributed by atoms with E-state index >= 15 is 0 Å². The van der Waals surface area contributed by atoms with Gasteiger partial charge in [-0.1, -0.05) is 20.8 Å². The van der Waals surface area contributed by atoms with Gasteiger partial charge in [0, 0.05) is 5.41 Å². The van der Waals surface area contributed by atoms with Crippen LogP contribution in [0.2, 0.25) is 0 Å². The van der Waals surface area contributed by atoms with Gasteiger partial charge in [-0.05, 0) is 20.8 Å². The van der Waals surface area contributed by atoms with Gasteiger partial charge in [0.05, 0.1) is 19.6 Å². The zero-order valence-corrected chi connectivity index (χ0v) is 11.0. The molecule has 1 aliphatic heterocycles. The second-order valence-electron chi connectivity index (χ2n) is 6.56. The molecule has 1 rings (SSSR count). The lowest BCUT2D eigenvalue weighted by Crippen LogP contribution is -2.31. The fourth-order valence-corrected chi connectivity index (χ4v) is 2.15. The molecule has 1 fully saturated rings. The molecule has 0 aliphatic carbocycles. The fourth-order valence-electron chi connectivity index (χ4n) is 2.15. The normalized spacial score (nSPS) is 22.7. The Balaban J connectivity index is 2.98. The predicted octanol–water partition coefficient (Wildman–Crippen LogP) is 2.19. The van der Waals surface area contributed by atoms with Crippen molar-refractivity contribution in [2.24, 2.45) is 5.41 Å². The first-order valence-corrected chi connectivity index (χ1v) is 5.40. The standard InChI is InChI=1S/C12H25N2/c1-11(2,3)9-10(13(7)8)14(9)12(4,5)6/h9H,1-8H3/q+1. The molecule has 0 spiro atoms. The van der Waals surface area contributed by atoms with Crippen molar-refractivity contribution < 1.29 is 4.58 Å². The van der Waals surface area contributed by atoms with Crippen molar-refractivity contribution in [1.29, 1.82) is 0 Å². The van der Waals surface area contributed by atoms with Crippen LogP contribution in [0.15, 0.2) is 0 Å². The van der Waals surface area contributed by atoms with Crippen molar-refractivity contribution >= 4 is 5.84 Å². The van der Waals surface area contributed by atoms with Crippen molar-refractivity contribution in [1.82, 2.24) is 4.90 Å². The van der Waals surface area contributed by atoms with Gasteiger partial charge < -0.3 is 0 Å².